The quantitative estimate of drug-likeness (QED) is 0.484. The lowest BCUT2D eigenvalue weighted by Crippen LogP contribution is -2.44. The second-order valence-corrected chi connectivity index (χ2v) is 8.00. The average molecular weight is 420 g/mol. The van der Waals surface area contributed by atoms with E-state index in [1.165, 1.54) is 16.1 Å². The number of carbonyl (C=O) groups excluding carboxylic acids is 3. The monoisotopic (exact) mass is 420 g/mol. The lowest BCUT2D eigenvalue weighted by molar-refractivity contribution is -0.143. The van der Waals surface area contributed by atoms with Gasteiger partial charge in [-0.05, 0) is 42.7 Å². The summed E-state index contributed by atoms with van der Waals surface area (Å²) in [7, 11) is 1.56. The number of rotatable bonds is 8. The highest BCUT2D eigenvalue weighted by Gasteiger charge is 2.57. The molecule has 1 aromatic heterocycles. The summed E-state index contributed by atoms with van der Waals surface area (Å²) in [5.74, 6) is 2.88. The predicted octanol–water partition coefficient (Wildman–Crippen LogP) is 2.50. The lowest BCUT2D eigenvalue weighted by atomic mass is 9.75. The fraction of sp³-hybridized carbons (Fsp3) is 0.375. The summed E-state index contributed by atoms with van der Waals surface area (Å²) in [6.45, 7) is 0.274. The zero-order chi connectivity index (χ0) is 22.0. The molecule has 2 fully saturated rings. The van der Waals surface area contributed by atoms with Gasteiger partial charge < -0.3 is 14.1 Å². The van der Waals surface area contributed by atoms with Gasteiger partial charge in [-0.25, -0.2) is 0 Å². The van der Waals surface area contributed by atoms with Crippen LogP contribution >= 0.6 is 0 Å². The standard InChI is InChI=1S/C24H24N2O5/c1-3-12-25(16-20-5-4-13-31-20)21(27)14-24(17-6-10-19(30-2)11-7-17)15-22(28)26(23(24)29)18-8-9-18/h1,4-7,10-11,13,18H,8-9,12,14-16H2,2H3/t24-/m1/s1. The van der Waals surface area contributed by atoms with Gasteiger partial charge in [0.2, 0.25) is 17.7 Å². The molecule has 0 N–H and O–H groups in total. The number of methoxy groups -OCH3 is 1. The van der Waals surface area contributed by atoms with Crippen LogP contribution in [0.1, 0.15) is 37.0 Å². The summed E-state index contributed by atoms with van der Waals surface area (Å²) in [5, 5.41) is 0. The Morgan fingerprint density at radius 3 is 2.61 bits per heavy atom. The van der Waals surface area contributed by atoms with E-state index in [0.29, 0.717) is 17.1 Å². The first-order valence-electron chi connectivity index (χ1n) is 10.2. The number of likely N-dealkylation sites (tertiary alicyclic amines) is 1. The zero-order valence-corrected chi connectivity index (χ0v) is 17.4. The molecule has 4 rings (SSSR count). The fourth-order valence-corrected chi connectivity index (χ4v) is 4.14. The van der Waals surface area contributed by atoms with Crippen molar-refractivity contribution in [1.82, 2.24) is 9.80 Å². The molecule has 1 aliphatic heterocycles. The number of ether oxygens (including phenoxy) is 1. The van der Waals surface area contributed by atoms with Gasteiger partial charge in [-0.15, -0.1) is 6.42 Å². The minimum atomic E-state index is -1.25. The van der Waals surface area contributed by atoms with Crippen LogP contribution in [-0.2, 0) is 26.3 Å². The number of terminal acetylenes is 1. The molecule has 1 saturated carbocycles. The first kappa shape index (κ1) is 20.7. The second kappa shape index (κ2) is 8.31. The molecular weight excluding hydrogens is 396 g/mol. The Labute approximate surface area is 180 Å². The molecule has 1 saturated heterocycles. The zero-order valence-electron chi connectivity index (χ0n) is 17.4. The van der Waals surface area contributed by atoms with Crippen molar-refractivity contribution < 1.29 is 23.5 Å². The van der Waals surface area contributed by atoms with E-state index in [-0.39, 0.29) is 49.7 Å². The number of furan rings is 1. The van der Waals surface area contributed by atoms with E-state index in [2.05, 4.69) is 5.92 Å². The van der Waals surface area contributed by atoms with Gasteiger partial charge >= 0.3 is 0 Å². The minimum Gasteiger partial charge on any atom is -0.497 e. The SMILES string of the molecule is C#CCN(Cc1ccco1)C(=O)C[C@]1(c2ccc(OC)cc2)CC(=O)N(C2CC2)C1=O. The third-order valence-electron chi connectivity index (χ3n) is 5.92. The van der Waals surface area contributed by atoms with Gasteiger partial charge in [0.1, 0.15) is 11.5 Å². The Kier molecular flexibility index (Phi) is 5.55. The molecule has 0 bridgehead atoms. The molecule has 2 aromatic rings. The summed E-state index contributed by atoms with van der Waals surface area (Å²) < 4.78 is 10.6. The van der Waals surface area contributed by atoms with Crippen molar-refractivity contribution in [3.8, 4) is 18.1 Å². The van der Waals surface area contributed by atoms with Crippen LogP contribution in [-0.4, -0.2) is 47.2 Å². The molecule has 7 heteroatoms. The van der Waals surface area contributed by atoms with Crippen molar-refractivity contribution in [1.29, 1.82) is 0 Å². The van der Waals surface area contributed by atoms with Crippen molar-refractivity contribution in [3.05, 3.63) is 54.0 Å². The van der Waals surface area contributed by atoms with Gasteiger partial charge in [0, 0.05) is 18.9 Å². The van der Waals surface area contributed by atoms with Crippen LogP contribution < -0.4 is 4.74 Å². The number of imide groups is 1. The van der Waals surface area contributed by atoms with Crippen LogP contribution in [0.3, 0.4) is 0 Å². The van der Waals surface area contributed by atoms with Gasteiger partial charge in [-0.3, -0.25) is 19.3 Å². The second-order valence-electron chi connectivity index (χ2n) is 8.00. The van der Waals surface area contributed by atoms with Crippen molar-refractivity contribution in [2.24, 2.45) is 0 Å². The molecule has 0 radical (unpaired) electrons. The highest BCUT2D eigenvalue weighted by Crippen LogP contribution is 2.44. The van der Waals surface area contributed by atoms with E-state index in [1.54, 1.807) is 43.5 Å². The molecule has 0 unspecified atom stereocenters. The molecule has 1 atom stereocenters. The van der Waals surface area contributed by atoms with E-state index in [0.717, 1.165) is 12.8 Å². The van der Waals surface area contributed by atoms with Gasteiger partial charge in [0.05, 0.1) is 31.9 Å². The van der Waals surface area contributed by atoms with Crippen molar-refractivity contribution in [2.45, 2.75) is 43.7 Å². The molecular formula is C24H24N2O5. The Hall–Kier alpha value is -3.53. The summed E-state index contributed by atoms with van der Waals surface area (Å²) in [5.41, 5.74) is -0.624. The first-order chi connectivity index (χ1) is 15.0. The summed E-state index contributed by atoms with van der Waals surface area (Å²) >= 11 is 0. The van der Waals surface area contributed by atoms with Gasteiger partial charge in [0.15, 0.2) is 0 Å². The van der Waals surface area contributed by atoms with Crippen molar-refractivity contribution in [2.75, 3.05) is 13.7 Å². The topological polar surface area (TPSA) is 80.1 Å². The Morgan fingerprint density at radius 1 is 1.29 bits per heavy atom. The Morgan fingerprint density at radius 2 is 2.03 bits per heavy atom. The highest BCUT2D eigenvalue weighted by molar-refractivity contribution is 6.11. The highest BCUT2D eigenvalue weighted by atomic mass is 16.5. The number of hydrogen-bond donors (Lipinski definition) is 0. The van der Waals surface area contributed by atoms with Crippen molar-refractivity contribution >= 4 is 17.7 Å². The lowest BCUT2D eigenvalue weighted by Gasteiger charge is -2.30. The van der Waals surface area contributed by atoms with E-state index < -0.39 is 5.41 Å². The maximum Gasteiger partial charge on any atom is 0.241 e. The maximum absolute atomic E-state index is 13.6. The Balaban J connectivity index is 1.67. The summed E-state index contributed by atoms with van der Waals surface area (Å²) in [6.07, 6.45) is 8.45. The van der Waals surface area contributed by atoms with Crippen LogP contribution in [0.2, 0.25) is 0 Å². The molecule has 3 amide bonds. The van der Waals surface area contributed by atoms with Gasteiger partial charge in [-0.2, -0.15) is 0 Å². The smallest absolute Gasteiger partial charge is 0.241 e. The summed E-state index contributed by atoms with van der Waals surface area (Å²) in [6, 6.07) is 10.4. The maximum atomic E-state index is 13.6. The predicted molar refractivity (Wildman–Crippen MR) is 112 cm³/mol. The molecule has 0 spiro atoms. The number of carbonyl (C=O) groups is 3. The van der Waals surface area contributed by atoms with Crippen LogP contribution in [0.4, 0.5) is 0 Å². The molecule has 1 aromatic carbocycles. The van der Waals surface area contributed by atoms with E-state index >= 15 is 0 Å². The molecule has 160 valence electrons. The summed E-state index contributed by atoms with van der Waals surface area (Å²) in [4.78, 5) is 42.5. The van der Waals surface area contributed by atoms with Crippen LogP contribution in [0.15, 0.2) is 47.1 Å². The molecule has 2 aliphatic rings. The van der Waals surface area contributed by atoms with Gasteiger partial charge in [-0.1, -0.05) is 18.1 Å². The fourth-order valence-electron chi connectivity index (χ4n) is 4.14. The number of amides is 3. The number of benzene rings is 1. The number of nitrogens with zero attached hydrogens (tertiary/aromatic N) is 2. The van der Waals surface area contributed by atoms with E-state index in [9.17, 15) is 14.4 Å². The first-order valence-corrected chi connectivity index (χ1v) is 10.2. The number of hydrogen-bond acceptors (Lipinski definition) is 5. The molecule has 31 heavy (non-hydrogen) atoms. The van der Waals surface area contributed by atoms with Crippen LogP contribution in [0.5, 0.6) is 5.75 Å². The molecule has 1 aliphatic carbocycles. The minimum absolute atomic E-state index is 0.0367. The average Bonchev–Trinajstić information content (AvgIpc) is 3.39. The molecule has 7 nitrogen and oxygen atoms in total. The largest absolute Gasteiger partial charge is 0.497 e. The van der Waals surface area contributed by atoms with Crippen molar-refractivity contribution in [3.63, 3.8) is 0 Å². The van der Waals surface area contributed by atoms with E-state index in [4.69, 9.17) is 15.6 Å². The van der Waals surface area contributed by atoms with Crippen LogP contribution in [0.25, 0.3) is 0 Å². The van der Waals surface area contributed by atoms with Crippen LogP contribution in [0, 0.1) is 12.3 Å². The Bertz CT molecular complexity index is 1020. The third kappa shape index (κ3) is 3.93. The molecule has 2 heterocycles. The van der Waals surface area contributed by atoms with E-state index in [1.807, 2.05) is 0 Å². The third-order valence-corrected chi connectivity index (χ3v) is 5.92. The van der Waals surface area contributed by atoms with Gasteiger partial charge in [0.25, 0.3) is 0 Å². The normalized spacial score (nSPS) is 20.6.